The Balaban J connectivity index is 1.65. The third-order valence-corrected chi connectivity index (χ3v) is 6.55. The molecule has 2 aliphatic rings. The highest BCUT2D eigenvalue weighted by Gasteiger charge is 2.64. The zero-order chi connectivity index (χ0) is 21.3. The molecule has 2 saturated carbocycles. The van der Waals surface area contributed by atoms with Crippen LogP contribution in [0, 0.1) is 11.8 Å². The van der Waals surface area contributed by atoms with Gasteiger partial charge in [0.25, 0.3) is 0 Å². The second-order valence-corrected chi connectivity index (χ2v) is 8.28. The van der Waals surface area contributed by atoms with Gasteiger partial charge in [-0.05, 0) is 24.3 Å². The van der Waals surface area contributed by atoms with Crippen LogP contribution >= 0.6 is 0 Å². The Labute approximate surface area is 175 Å². The number of aliphatic carboxylic acids is 1. The summed E-state index contributed by atoms with van der Waals surface area (Å²) in [5.41, 5.74) is 7.32. The van der Waals surface area contributed by atoms with Gasteiger partial charge in [-0.1, -0.05) is 60.7 Å². The SMILES string of the molecule is N[C@@]1(C(=O)c2ccccc2)[C@H](c2ccccc2)[C@H]2CC(OC(=O)CCC(=O)O)[C@@H]1C2. The molecule has 0 heterocycles. The lowest BCUT2D eigenvalue weighted by atomic mass is 9.66. The molecule has 0 radical (unpaired) electrons. The van der Waals surface area contributed by atoms with E-state index < -0.39 is 23.6 Å². The van der Waals surface area contributed by atoms with Crippen molar-refractivity contribution in [2.24, 2.45) is 17.6 Å². The Morgan fingerprint density at radius 3 is 2.23 bits per heavy atom. The van der Waals surface area contributed by atoms with Gasteiger partial charge in [-0.25, -0.2) is 0 Å². The fraction of sp³-hybridized carbons (Fsp3) is 0.375. The maximum atomic E-state index is 13.6. The van der Waals surface area contributed by atoms with E-state index in [0.717, 1.165) is 5.56 Å². The van der Waals surface area contributed by atoms with Crippen LogP contribution in [0.2, 0.25) is 0 Å². The molecule has 2 fully saturated rings. The van der Waals surface area contributed by atoms with Crippen LogP contribution in [0.15, 0.2) is 60.7 Å². The summed E-state index contributed by atoms with van der Waals surface area (Å²) in [7, 11) is 0. The number of ether oxygens (including phenoxy) is 1. The summed E-state index contributed by atoms with van der Waals surface area (Å²) in [5.74, 6) is -2.10. The maximum absolute atomic E-state index is 13.6. The quantitative estimate of drug-likeness (QED) is 0.539. The minimum atomic E-state index is -1.19. The largest absolute Gasteiger partial charge is 0.481 e. The standard InChI is InChI=1S/C24H25NO5/c25-24(23(29)16-9-5-2-6-10-16)18-13-17(22(24)15-7-3-1-4-8-15)14-19(18)30-21(28)12-11-20(26)27/h1-10,17-19,22H,11-14,25H2,(H,26,27)/t17-,18+,19?,22-,24-/m1/s1. The van der Waals surface area contributed by atoms with E-state index in [1.54, 1.807) is 12.1 Å². The minimum Gasteiger partial charge on any atom is -0.481 e. The number of carboxylic acids is 1. The van der Waals surface area contributed by atoms with E-state index >= 15 is 0 Å². The topological polar surface area (TPSA) is 107 Å². The number of carbonyl (C=O) groups is 3. The Bertz CT molecular complexity index is 945. The molecule has 30 heavy (non-hydrogen) atoms. The van der Waals surface area contributed by atoms with E-state index in [1.165, 1.54) is 0 Å². The van der Waals surface area contributed by atoms with Crippen molar-refractivity contribution in [1.29, 1.82) is 0 Å². The lowest BCUT2D eigenvalue weighted by molar-refractivity contribution is -0.155. The molecule has 0 amide bonds. The number of benzene rings is 2. The number of rotatable bonds is 7. The smallest absolute Gasteiger partial charge is 0.306 e. The number of carbonyl (C=O) groups excluding carboxylic acids is 2. The molecule has 0 spiro atoms. The Morgan fingerprint density at radius 1 is 0.967 bits per heavy atom. The van der Waals surface area contributed by atoms with Gasteiger partial charge in [-0.15, -0.1) is 0 Å². The summed E-state index contributed by atoms with van der Waals surface area (Å²) in [6.07, 6.45) is 0.391. The molecule has 2 aromatic rings. The average molecular weight is 407 g/mol. The molecule has 0 aliphatic heterocycles. The van der Waals surface area contributed by atoms with Gasteiger partial charge >= 0.3 is 11.9 Å². The van der Waals surface area contributed by atoms with Gasteiger partial charge in [0.15, 0.2) is 5.78 Å². The summed E-state index contributed by atoms with van der Waals surface area (Å²) in [6, 6.07) is 18.8. The Morgan fingerprint density at radius 2 is 1.60 bits per heavy atom. The first kappa shape index (κ1) is 20.3. The van der Waals surface area contributed by atoms with Crippen LogP contribution in [0.4, 0.5) is 0 Å². The van der Waals surface area contributed by atoms with Crippen LogP contribution in [0.1, 0.15) is 47.5 Å². The lowest BCUT2D eigenvalue weighted by Crippen LogP contribution is -2.60. The first-order valence-electron chi connectivity index (χ1n) is 10.3. The van der Waals surface area contributed by atoms with E-state index in [2.05, 4.69) is 0 Å². The number of ketones is 1. The predicted octanol–water partition coefficient (Wildman–Crippen LogP) is 3.17. The van der Waals surface area contributed by atoms with Crippen LogP contribution in [0.25, 0.3) is 0 Å². The predicted molar refractivity (Wildman–Crippen MR) is 110 cm³/mol. The van der Waals surface area contributed by atoms with E-state index in [0.29, 0.717) is 18.4 Å². The third-order valence-electron chi connectivity index (χ3n) is 6.55. The zero-order valence-corrected chi connectivity index (χ0v) is 16.6. The molecule has 156 valence electrons. The van der Waals surface area contributed by atoms with Gasteiger partial charge in [0, 0.05) is 17.4 Å². The highest BCUT2D eigenvalue weighted by Crippen LogP contribution is 2.59. The number of Topliss-reactive ketones (excluding diaryl/α,β-unsaturated/α-hetero) is 1. The second kappa shape index (κ2) is 8.03. The molecule has 0 saturated heterocycles. The van der Waals surface area contributed by atoms with E-state index in [4.69, 9.17) is 15.6 Å². The number of hydrogen-bond donors (Lipinski definition) is 2. The average Bonchev–Trinajstić information content (AvgIpc) is 3.29. The van der Waals surface area contributed by atoms with Crippen molar-refractivity contribution in [3.05, 3.63) is 71.8 Å². The molecule has 5 atom stereocenters. The molecule has 4 rings (SSSR count). The molecule has 2 aliphatic carbocycles. The van der Waals surface area contributed by atoms with Crippen molar-refractivity contribution < 1.29 is 24.2 Å². The molecule has 6 heteroatoms. The van der Waals surface area contributed by atoms with E-state index in [9.17, 15) is 14.4 Å². The highest BCUT2D eigenvalue weighted by atomic mass is 16.5. The van der Waals surface area contributed by atoms with Crippen LogP contribution in [-0.4, -0.2) is 34.5 Å². The van der Waals surface area contributed by atoms with Crippen molar-refractivity contribution in [2.75, 3.05) is 0 Å². The molecule has 1 unspecified atom stereocenters. The van der Waals surface area contributed by atoms with Crippen LogP contribution < -0.4 is 5.73 Å². The normalized spacial score (nSPS) is 29.5. The van der Waals surface area contributed by atoms with Crippen LogP contribution in [-0.2, 0) is 14.3 Å². The van der Waals surface area contributed by atoms with Gasteiger partial charge in [0.05, 0.1) is 18.4 Å². The van der Waals surface area contributed by atoms with Gasteiger partial charge in [-0.2, -0.15) is 0 Å². The molecule has 2 aromatic carbocycles. The van der Waals surface area contributed by atoms with Gasteiger partial charge < -0.3 is 15.6 Å². The van der Waals surface area contributed by atoms with E-state index in [-0.39, 0.29) is 36.4 Å². The lowest BCUT2D eigenvalue weighted by Gasteiger charge is -2.43. The summed E-state index contributed by atoms with van der Waals surface area (Å²) >= 11 is 0. The Kier molecular flexibility index (Phi) is 5.43. The van der Waals surface area contributed by atoms with E-state index in [1.807, 2.05) is 48.5 Å². The highest BCUT2D eigenvalue weighted by molar-refractivity contribution is 6.04. The van der Waals surface area contributed by atoms with Crippen molar-refractivity contribution in [1.82, 2.24) is 0 Å². The molecular formula is C24H25NO5. The number of esters is 1. The number of hydrogen-bond acceptors (Lipinski definition) is 5. The van der Waals surface area contributed by atoms with Crippen molar-refractivity contribution in [2.45, 2.75) is 43.2 Å². The third kappa shape index (κ3) is 3.52. The summed E-state index contributed by atoms with van der Waals surface area (Å²) in [5, 5.41) is 8.80. The summed E-state index contributed by atoms with van der Waals surface area (Å²) in [6.45, 7) is 0. The monoisotopic (exact) mass is 407 g/mol. The molecule has 2 bridgehead atoms. The number of carboxylic acid groups (broad SMARTS) is 1. The van der Waals surface area contributed by atoms with Crippen LogP contribution in [0.5, 0.6) is 0 Å². The van der Waals surface area contributed by atoms with Crippen molar-refractivity contribution >= 4 is 17.7 Å². The number of fused-ring (bicyclic) bond motifs is 2. The zero-order valence-electron chi connectivity index (χ0n) is 16.6. The fourth-order valence-corrected chi connectivity index (χ4v) is 5.36. The fourth-order valence-electron chi connectivity index (χ4n) is 5.36. The second-order valence-electron chi connectivity index (χ2n) is 8.28. The first-order valence-corrected chi connectivity index (χ1v) is 10.3. The molecule has 6 nitrogen and oxygen atoms in total. The Hall–Kier alpha value is -2.99. The van der Waals surface area contributed by atoms with Gasteiger partial charge in [-0.3, -0.25) is 14.4 Å². The maximum Gasteiger partial charge on any atom is 0.306 e. The van der Waals surface area contributed by atoms with Crippen molar-refractivity contribution in [3.63, 3.8) is 0 Å². The van der Waals surface area contributed by atoms with Gasteiger partial charge in [0.2, 0.25) is 0 Å². The molecular weight excluding hydrogens is 382 g/mol. The van der Waals surface area contributed by atoms with Gasteiger partial charge in [0.1, 0.15) is 6.10 Å². The van der Waals surface area contributed by atoms with Crippen LogP contribution in [0.3, 0.4) is 0 Å². The summed E-state index contributed by atoms with van der Waals surface area (Å²) < 4.78 is 5.63. The van der Waals surface area contributed by atoms with Crippen molar-refractivity contribution in [3.8, 4) is 0 Å². The minimum absolute atomic E-state index is 0.118. The molecule has 0 aromatic heterocycles. The first-order chi connectivity index (χ1) is 14.4. The molecule has 3 N–H and O–H groups in total. The summed E-state index contributed by atoms with van der Waals surface area (Å²) in [4.78, 5) is 36.6. The number of nitrogens with two attached hydrogens (primary N) is 1.